The normalized spacial score (nSPS) is 20.2. The number of nitrogens with zero attached hydrogens (tertiary/aromatic N) is 8. The van der Waals surface area contributed by atoms with Crippen LogP contribution >= 0.6 is 0 Å². The molecule has 3 amide bonds. The molecule has 0 aliphatic carbocycles. The van der Waals surface area contributed by atoms with Gasteiger partial charge in [-0.25, -0.2) is 53.0 Å². The number of likely N-dealkylation sites (tertiary alicyclic amines) is 2. The van der Waals surface area contributed by atoms with Crippen molar-refractivity contribution in [2.75, 3.05) is 100 Å². The van der Waals surface area contributed by atoms with Crippen molar-refractivity contribution in [2.45, 2.75) is 114 Å². The van der Waals surface area contributed by atoms with Crippen molar-refractivity contribution in [2.24, 2.45) is 11.8 Å². The number of nitrogens with one attached hydrogen (secondary N) is 5. The Labute approximate surface area is 598 Å². The van der Waals surface area contributed by atoms with Crippen molar-refractivity contribution in [1.82, 2.24) is 43.3 Å². The fourth-order valence-electron chi connectivity index (χ4n) is 16.2. The van der Waals surface area contributed by atoms with Crippen LogP contribution in [0.2, 0.25) is 0 Å². The number of aromatic nitrogens is 5. The first-order valence-corrected chi connectivity index (χ1v) is 39.3. The first kappa shape index (κ1) is 73.6. The summed E-state index contributed by atoms with van der Waals surface area (Å²) in [5, 5.41) is 18.4. The zero-order valence-corrected chi connectivity index (χ0v) is 60.1. The van der Waals surface area contributed by atoms with Gasteiger partial charge in [-0.15, -0.1) is 0 Å². The molecule has 7 aliphatic heterocycles. The molecule has 544 valence electrons. The number of rotatable bonds is 8. The van der Waals surface area contributed by atoms with Crippen LogP contribution in [0.1, 0.15) is 147 Å². The van der Waals surface area contributed by atoms with Crippen molar-refractivity contribution in [1.29, 1.82) is 5.26 Å². The standard InChI is InChI=1S/C17H17FN4.C16H19FN2O.C15H19FN2O.C15H17N3O2S.C14H17FN2O3S/c18-13-2-3-14-15(11-21-16(14)10-13)12-4-8-22(9-5-12)17-19-6-1-7-20-17;1-11(20)19-7-2-3-12(6-8-19)15-10-18-16-9-13(17)4-5-14(15)16;1-10(19)18-6-4-11(5-7-18)14-9-17-15-8-12(16)2-3-13(14)15;1-21(19,20)18-6-4-12(5-7-18)14-10-17-15-3-2-11(9-16)8-13(14)15;1-21(19,20)17-6-4-9(5-7-17)13-11-3-2-10(15)8-12(11)16-14(13)18/h1-3,6-7,10-12,21H,4-5,8-9H2;4-5,9-10,12,18H,2-3,6-8H2,1H3;2-3,8,11,14,17H,4-7,9H2,1H3;2-3,8,10,12,17H,4-7H2,1H3;2-3,8-9,13H,4-7H2,1H3,(H,16,18). The maximum atomic E-state index is 13.3. The van der Waals surface area contributed by atoms with Crippen molar-refractivity contribution in [3.8, 4) is 6.07 Å². The monoisotopic (exact) mass is 1450 g/mol. The molecule has 5 saturated heterocycles. The lowest BCUT2D eigenvalue weighted by Gasteiger charge is -2.34. The Morgan fingerprint density at radius 3 is 1.53 bits per heavy atom. The van der Waals surface area contributed by atoms with E-state index >= 15 is 0 Å². The molecule has 4 aromatic heterocycles. The quantitative estimate of drug-likeness (QED) is 0.0890. The zero-order chi connectivity index (χ0) is 72.7. The van der Waals surface area contributed by atoms with Crippen molar-refractivity contribution < 1.29 is 48.8 Å². The summed E-state index contributed by atoms with van der Waals surface area (Å²) < 4.78 is 102. The molecule has 0 spiro atoms. The second-order valence-corrected chi connectivity index (χ2v) is 32.1. The molecule has 3 unspecified atom stereocenters. The van der Waals surface area contributed by atoms with Crippen molar-refractivity contribution >= 4 is 87.8 Å². The Morgan fingerprint density at radius 1 is 0.505 bits per heavy atom. The predicted octanol–water partition coefficient (Wildman–Crippen LogP) is 13.2. The number of carbonyl (C=O) groups excluding carboxylic acids is 3. The molecular formula is C77H89F4N13O7S2. The highest BCUT2D eigenvalue weighted by Crippen LogP contribution is 2.44. The van der Waals surface area contributed by atoms with Gasteiger partial charge in [0, 0.05) is 167 Å². The first-order valence-electron chi connectivity index (χ1n) is 35.6. The molecule has 3 atom stereocenters. The largest absolute Gasteiger partial charge is 0.384 e. The highest BCUT2D eigenvalue weighted by Gasteiger charge is 2.40. The summed E-state index contributed by atoms with van der Waals surface area (Å²) in [7, 11) is -6.26. The molecule has 9 aromatic rings. The van der Waals surface area contributed by atoms with Gasteiger partial charge in [0.05, 0.1) is 30.1 Å². The fourth-order valence-corrected chi connectivity index (χ4v) is 17.9. The average Bonchev–Trinajstić information content (AvgIpc) is 1.67. The molecule has 0 saturated carbocycles. The van der Waals surface area contributed by atoms with Gasteiger partial charge in [-0.3, -0.25) is 14.4 Å². The minimum Gasteiger partial charge on any atom is -0.384 e. The molecule has 7 aliphatic rings. The molecule has 5 aromatic carbocycles. The van der Waals surface area contributed by atoms with Crippen LogP contribution in [0.15, 0.2) is 128 Å². The lowest BCUT2D eigenvalue weighted by molar-refractivity contribution is -0.130. The van der Waals surface area contributed by atoms with E-state index in [9.17, 15) is 48.8 Å². The fraction of sp³-hybridized carbons (Fsp3) is 0.429. The number of carbonyl (C=O) groups is 3. The molecular weight excluding hydrogens is 1360 g/mol. The van der Waals surface area contributed by atoms with Gasteiger partial charge in [-0.2, -0.15) is 5.26 Å². The summed E-state index contributed by atoms with van der Waals surface area (Å²) in [6.45, 7) is 11.4. The van der Waals surface area contributed by atoms with Gasteiger partial charge < -0.3 is 40.3 Å². The molecule has 26 heteroatoms. The minimum absolute atomic E-state index is 0.0923. The van der Waals surface area contributed by atoms with E-state index in [1.807, 2.05) is 64.8 Å². The summed E-state index contributed by atoms with van der Waals surface area (Å²) in [6, 6.07) is 28.9. The molecule has 0 radical (unpaired) electrons. The van der Waals surface area contributed by atoms with E-state index in [1.54, 1.807) is 60.9 Å². The number of hydrogen-bond acceptors (Lipinski definition) is 12. The number of hydrogen-bond donors (Lipinski definition) is 5. The van der Waals surface area contributed by atoms with Gasteiger partial charge in [0.15, 0.2) is 0 Å². The van der Waals surface area contributed by atoms with Crippen LogP contribution in [0, 0.1) is 46.4 Å². The number of halogens is 4. The number of H-pyrrole nitrogens is 3. The third-order valence-corrected chi connectivity index (χ3v) is 24.4. The lowest BCUT2D eigenvalue weighted by Crippen LogP contribution is -2.40. The van der Waals surface area contributed by atoms with E-state index in [2.05, 4.69) is 46.5 Å². The molecule has 5 N–H and O–H groups in total. The zero-order valence-electron chi connectivity index (χ0n) is 58.5. The summed E-state index contributed by atoms with van der Waals surface area (Å²) in [4.78, 5) is 59.3. The van der Waals surface area contributed by atoms with Crippen LogP contribution in [0.3, 0.4) is 0 Å². The molecule has 103 heavy (non-hydrogen) atoms. The molecule has 16 rings (SSSR count). The molecule has 11 heterocycles. The third kappa shape index (κ3) is 17.6. The van der Waals surface area contributed by atoms with E-state index in [0.717, 1.165) is 154 Å². The summed E-state index contributed by atoms with van der Waals surface area (Å²) in [6.07, 6.45) is 22.2. The van der Waals surface area contributed by atoms with E-state index in [4.69, 9.17) is 5.26 Å². The number of sulfonamides is 2. The van der Waals surface area contributed by atoms with Gasteiger partial charge in [0.2, 0.25) is 43.7 Å². The molecule has 0 bridgehead atoms. The number of piperidine rings is 4. The van der Waals surface area contributed by atoms with E-state index in [-0.39, 0.29) is 52.8 Å². The Bertz CT molecular complexity index is 4780. The topological polar surface area (TPSA) is 257 Å². The van der Waals surface area contributed by atoms with Crippen LogP contribution in [0.4, 0.5) is 34.9 Å². The number of amides is 3. The second-order valence-electron chi connectivity index (χ2n) is 28.1. The number of benzene rings is 5. The number of nitriles is 1. The van der Waals surface area contributed by atoms with E-state index in [0.29, 0.717) is 79.9 Å². The predicted molar refractivity (Wildman–Crippen MR) is 393 cm³/mol. The van der Waals surface area contributed by atoms with Crippen LogP contribution in [0.5, 0.6) is 0 Å². The van der Waals surface area contributed by atoms with E-state index < -0.39 is 20.0 Å². The highest BCUT2D eigenvalue weighted by atomic mass is 32.2. The van der Waals surface area contributed by atoms with Crippen LogP contribution < -0.4 is 15.5 Å². The van der Waals surface area contributed by atoms with Gasteiger partial charge in [0.1, 0.15) is 23.3 Å². The number of anilines is 3. The van der Waals surface area contributed by atoms with Gasteiger partial charge in [0.25, 0.3) is 0 Å². The summed E-state index contributed by atoms with van der Waals surface area (Å²) in [5.41, 5.74) is 10.7. The highest BCUT2D eigenvalue weighted by molar-refractivity contribution is 7.88. The van der Waals surface area contributed by atoms with E-state index in [1.165, 1.54) is 69.4 Å². The van der Waals surface area contributed by atoms with Gasteiger partial charge in [-0.1, -0.05) is 12.1 Å². The van der Waals surface area contributed by atoms with Gasteiger partial charge >= 0.3 is 0 Å². The first-order chi connectivity index (χ1) is 49.5. The lowest BCUT2D eigenvalue weighted by atomic mass is 9.81. The maximum absolute atomic E-state index is 13.3. The number of aromatic amines is 3. The Hall–Kier alpha value is -9.16. The average molecular weight is 1450 g/mol. The SMILES string of the molecule is CC(=O)N1CCC(C2CNc3cc(F)ccc32)CC1.CC(=O)N1CCCC(c2c[nH]c3cc(F)ccc23)CC1.CS(=O)(=O)N1CCC(C2C(=O)Nc3cc(F)ccc32)CC1.CS(=O)(=O)N1CCC(c2c[nH]c3ccc(C#N)cc23)CC1.Fc1ccc2c(C3CCN(c4ncccn4)CC3)c[nH]c2c1. The third-order valence-electron chi connectivity index (χ3n) is 21.8. The smallest absolute Gasteiger partial charge is 0.232 e. The van der Waals surface area contributed by atoms with Gasteiger partial charge in [-0.05, 0) is 213 Å². The Balaban J connectivity index is 0.000000121. The maximum Gasteiger partial charge on any atom is 0.232 e. The summed E-state index contributed by atoms with van der Waals surface area (Å²) >= 11 is 0. The molecule has 5 fully saturated rings. The molecule has 20 nitrogen and oxygen atoms in total. The Kier molecular flexibility index (Phi) is 23.0. The summed E-state index contributed by atoms with van der Waals surface area (Å²) in [5.74, 6) is 2.18. The van der Waals surface area contributed by atoms with Crippen molar-refractivity contribution in [3.63, 3.8) is 0 Å². The minimum atomic E-state index is -3.17. The van der Waals surface area contributed by atoms with Crippen LogP contribution in [-0.4, -0.2) is 162 Å². The van der Waals surface area contributed by atoms with Crippen LogP contribution in [-0.2, 0) is 34.4 Å². The van der Waals surface area contributed by atoms with Crippen LogP contribution in [0.25, 0.3) is 32.7 Å². The number of fused-ring (bicyclic) bond motifs is 5. The Morgan fingerprint density at radius 2 is 0.971 bits per heavy atom. The van der Waals surface area contributed by atoms with Crippen molar-refractivity contribution in [3.05, 3.63) is 185 Å². The second kappa shape index (κ2) is 32.2.